The van der Waals surface area contributed by atoms with E-state index < -0.39 is 36.4 Å². The molecule has 2 heterocycles. The highest BCUT2D eigenvalue weighted by Crippen LogP contribution is 2.39. The number of carbonyl (C=O) groups is 2. The Morgan fingerprint density at radius 2 is 1.86 bits per heavy atom. The van der Waals surface area contributed by atoms with Gasteiger partial charge in [-0.05, 0) is 44.2 Å². The summed E-state index contributed by atoms with van der Waals surface area (Å²) in [6, 6.07) is 8.02. The first kappa shape index (κ1) is 26.3. The second-order valence-corrected chi connectivity index (χ2v) is 14.3. The van der Waals surface area contributed by atoms with Crippen molar-refractivity contribution < 1.29 is 27.6 Å². The molecule has 1 unspecified atom stereocenters. The Balaban J connectivity index is 1.75. The van der Waals surface area contributed by atoms with Crippen molar-refractivity contribution in [2.75, 3.05) is 17.6 Å². The molecule has 14 heteroatoms. The number of hydrogen-bond acceptors (Lipinski definition) is 7. The van der Waals surface area contributed by atoms with Gasteiger partial charge >= 0.3 is 0 Å². The fraction of sp³-hybridized carbons (Fsp3) is 0.333. The van der Waals surface area contributed by atoms with E-state index in [9.17, 15) is 23.2 Å². The lowest BCUT2D eigenvalue weighted by Gasteiger charge is -2.43. The van der Waals surface area contributed by atoms with Crippen LogP contribution in [0.4, 0.5) is 5.69 Å². The van der Waals surface area contributed by atoms with Crippen LogP contribution in [0, 0.1) is 0 Å². The van der Waals surface area contributed by atoms with Gasteiger partial charge in [0.25, 0.3) is 15.6 Å². The van der Waals surface area contributed by atoms with E-state index in [4.69, 9.17) is 39.2 Å². The molecule has 0 saturated carbocycles. The highest BCUT2D eigenvalue weighted by atomic mass is 35.6. The summed E-state index contributed by atoms with van der Waals surface area (Å²) in [5, 5.41) is 12.8. The Bertz CT molecular complexity index is 1440. The SMILES string of the molecule is CC1(C)SCCN(S(=O)(=O)c2ccc3oc4cc(NC(=O)C(Cl)(Cl)Cl)ccc4c3c2)C1C(=O)NO. The van der Waals surface area contributed by atoms with E-state index in [1.54, 1.807) is 31.5 Å². The number of amides is 2. The zero-order chi connectivity index (χ0) is 25.8. The number of fused-ring (bicyclic) bond motifs is 3. The summed E-state index contributed by atoms with van der Waals surface area (Å²) in [7, 11) is -4.11. The Labute approximate surface area is 220 Å². The predicted molar refractivity (Wildman–Crippen MR) is 137 cm³/mol. The summed E-state index contributed by atoms with van der Waals surface area (Å²) in [4.78, 5) is 24.3. The molecule has 3 N–H and O–H groups in total. The number of rotatable bonds is 4. The van der Waals surface area contributed by atoms with Crippen molar-refractivity contribution in [1.82, 2.24) is 9.79 Å². The number of nitrogens with zero attached hydrogens (tertiary/aromatic N) is 1. The van der Waals surface area contributed by atoms with Crippen molar-refractivity contribution in [2.24, 2.45) is 0 Å². The van der Waals surface area contributed by atoms with Crippen LogP contribution in [0.1, 0.15) is 13.8 Å². The third kappa shape index (κ3) is 4.95. The highest BCUT2D eigenvalue weighted by molar-refractivity contribution is 8.01. The molecule has 2 aromatic carbocycles. The van der Waals surface area contributed by atoms with E-state index in [1.807, 2.05) is 0 Å². The van der Waals surface area contributed by atoms with E-state index in [0.29, 0.717) is 33.4 Å². The zero-order valence-corrected chi connectivity index (χ0v) is 22.2. The Morgan fingerprint density at radius 3 is 2.51 bits per heavy atom. The molecule has 1 aromatic heterocycles. The molecule has 188 valence electrons. The van der Waals surface area contributed by atoms with Gasteiger partial charge in [-0.25, -0.2) is 13.9 Å². The van der Waals surface area contributed by atoms with E-state index in [-0.39, 0.29) is 11.4 Å². The first-order valence-corrected chi connectivity index (χ1v) is 13.8. The van der Waals surface area contributed by atoms with Gasteiger partial charge in [0.1, 0.15) is 17.2 Å². The quantitative estimate of drug-likeness (QED) is 0.239. The van der Waals surface area contributed by atoms with Crippen molar-refractivity contribution in [3.05, 3.63) is 36.4 Å². The van der Waals surface area contributed by atoms with Crippen LogP contribution in [0.15, 0.2) is 45.7 Å². The normalized spacial score (nSPS) is 19.1. The third-order valence-electron chi connectivity index (χ3n) is 5.66. The predicted octanol–water partition coefficient (Wildman–Crippen LogP) is 4.28. The number of hydrogen-bond donors (Lipinski definition) is 3. The van der Waals surface area contributed by atoms with Gasteiger partial charge in [0.05, 0.1) is 4.90 Å². The number of anilines is 1. The maximum atomic E-state index is 13.6. The van der Waals surface area contributed by atoms with Gasteiger partial charge in [0.2, 0.25) is 10.0 Å². The van der Waals surface area contributed by atoms with E-state index in [1.165, 1.54) is 36.0 Å². The molecule has 9 nitrogen and oxygen atoms in total. The van der Waals surface area contributed by atoms with Crippen LogP contribution in [0.25, 0.3) is 21.9 Å². The van der Waals surface area contributed by atoms with Crippen molar-refractivity contribution in [2.45, 2.75) is 33.3 Å². The fourth-order valence-electron chi connectivity index (χ4n) is 4.05. The monoisotopic (exact) mass is 579 g/mol. The molecule has 1 fully saturated rings. The summed E-state index contributed by atoms with van der Waals surface area (Å²) in [5.41, 5.74) is 2.72. The first-order valence-electron chi connectivity index (χ1n) is 10.2. The lowest BCUT2D eigenvalue weighted by Crippen LogP contribution is -2.61. The molecule has 1 aliphatic rings. The number of thioether (sulfide) groups is 1. The van der Waals surface area contributed by atoms with Crippen LogP contribution >= 0.6 is 46.6 Å². The van der Waals surface area contributed by atoms with E-state index in [2.05, 4.69) is 5.32 Å². The summed E-state index contributed by atoms with van der Waals surface area (Å²) in [6.07, 6.45) is 0. The molecule has 0 spiro atoms. The molecule has 35 heavy (non-hydrogen) atoms. The number of halogens is 3. The maximum Gasteiger partial charge on any atom is 0.276 e. The summed E-state index contributed by atoms with van der Waals surface area (Å²) < 4.78 is 31.3. The molecule has 1 saturated heterocycles. The molecular weight excluding hydrogens is 561 g/mol. The molecule has 0 bridgehead atoms. The smallest absolute Gasteiger partial charge is 0.276 e. The van der Waals surface area contributed by atoms with E-state index in [0.717, 1.165) is 4.31 Å². The molecule has 0 radical (unpaired) electrons. The summed E-state index contributed by atoms with van der Waals surface area (Å²) in [5.74, 6) is -1.15. The van der Waals surface area contributed by atoms with Crippen LogP contribution < -0.4 is 10.8 Å². The lowest BCUT2D eigenvalue weighted by atomic mass is 10.0. The lowest BCUT2D eigenvalue weighted by molar-refractivity contribution is -0.134. The number of furan rings is 1. The van der Waals surface area contributed by atoms with Crippen molar-refractivity contribution in [3.8, 4) is 0 Å². The van der Waals surface area contributed by atoms with Gasteiger partial charge in [-0.1, -0.05) is 34.8 Å². The Hall–Kier alpha value is -1.73. The summed E-state index contributed by atoms with van der Waals surface area (Å²) in [6.45, 7) is 3.61. The highest BCUT2D eigenvalue weighted by Gasteiger charge is 2.48. The van der Waals surface area contributed by atoms with Crippen LogP contribution in [0.5, 0.6) is 0 Å². The average molecular weight is 581 g/mol. The fourth-order valence-corrected chi connectivity index (χ4v) is 7.33. The Morgan fingerprint density at radius 1 is 1.14 bits per heavy atom. The third-order valence-corrected chi connectivity index (χ3v) is 9.38. The number of nitrogens with one attached hydrogen (secondary N) is 2. The topological polar surface area (TPSA) is 129 Å². The first-order chi connectivity index (χ1) is 16.3. The number of sulfonamides is 1. The van der Waals surface area contributed by atoms with Crippen LogP contribution in [0.2, 0.25) is 0 Å². The maximum absolute atomic E-state index is 13.6. The minimum Gasteiger partial charge on any atom is -0.456 e. The summed E-state index contributed by atoms with van der Waals surface area (Å²) >= 11 is 18.2. The van der Waals surface area contributed by atoms with Crippen LogP contribution in [-0.4, -0.2) is 56.6 Å². The average Bonchev–Trinajstić information content (AvgIpc) is 3.14. The minimum absolute atomic E-state index is 0.0280. The zero-order valence-electron chi connectivity index (χ0n) is 18.3. The van der Waals surface area contributed by atoms with Crippen molar-refractivity contribution in [3.63, 3.8) is 0 Å². The Kier molecular flexibility index (Phi) is 6.99. The van der Waals surface area contributed by atoms with Gasteiger partial charge < -0.3 is 9.73 Å². The second kappa shape index (κ2) is 9.29. The van der Waals surface area contributed by atoms with Gasteiger partial charge in [-0.2, -0.15) is 16.1 Å². The number of carbonyl (C=O) groups excluding carboxylic acids is 2. The molecule has 1 atom stereocenters. The molecule has 1 aliphatic heterocycles. The molecule has 0 aliphatic carbocycles. The van der Waals surface area contributed by atoms with Gasteiger partial charge in [0.15, 0.2) is 0 Å². The van der Waals surface area contributed by atoms with Crippen molar-refractivity contribution >= 4 is 96.0 Å². The number of alkyl halides is 3. The standard InChI is InChI=1S/C21H20Cl3N3O6S2/c1-20(2)17(18(28)26-30)27(7-8-34-20)35(31,32)12-4-6-15-14(10-12)13-5-3-11(9-16(13)33-15)25-19(29)21(22,23)24/h3-6,9-10,17,30H,7-8H2,1-2H3,(H,25,29)(H,26,28). The molecule has 3 aromatic rings. The number of hydroxylamine groups is 1. The van der Waals surface area contributed by atoms with Crippen molar-refractivity contribution in [1.29, 1.82) is 0 Å². The molecule has 4 rings (SSSR count). The largest absolute Gasteiger partial charge is 0.456 e. The minimum atomic E-state index is -4.11. The van der Waals surface area contributed by atoms with Crippen LogP contribution in [-0.2, 0) is 19.6 Å². The number of benzene rings is 2. The molecular formula is C21H20Cl3N3O6S2. The second-order valence-electron chi connectivity index (χ2n) is 8.37. The van der Waals surface area contributed by atoms with Gasteiger partial charge in [-0.3, -0.25) is 14.8 Å². The molecule has 2 amide bonds. The van der Waals surface area contributed by atoms with Gasteiger partial charge in [0, 0.05) is 39.6 Å². The van der Waals surface area contributed by atoms with Crippen LogP contribution in [0.3, 0.4) is 0 Å². The van der Waals surface area contributed by atoms with Gasteiger partial charge in [-0.15, -0.1) is 0 Å². The van der Waals surface area contributed by atoms with E-state index >= 15 is 0 Å².